The average molecular weight is 270 g/mol. The van der Waals surface area contributed by atoms with E-state index in [2.05, 4.69) is 40.5 Å². The molecule has 0 aliphatic rings. The fourth-order valence-electron chi connectivity index (χ4n) is 2.37. The third-order valence-electron chi connectivity index (χ3n) is 3.29. The Balaban J connectivity index is 2.24. The van der Waals surface area contributed by atoms with E-state index in [0.29, 0.717) is 6.54 Å². The monoisotopic (exact) mass is 270 g/mol. The molecule has 2 rings (SSSR count). The largest absolute Gasteiger partial charge is 0.395 e. The molecule has 0 saturated heterocycles. The fourth-order valence-corrected chi connectivity index (χ4v) is 2.37. The van der Waals surface area contributed by atoms with Crippen molar-refractivity contribution in [2.75, 3.05) is 25.1 Å². The van der Waals surface area contributed by atoms with Crippen molar-refractivity contribution < 1.29 is 5.11 Å². The van der Waals surface area contributed by atoms with Crippen LogP contribution in [0.1, 0.15) is 11.1 Å². The van der Waals surface area contributed by atoms with Crippen LogP contribution in [-0.4, -0.2) is 25.3 Å². The van der Waals surface area contributed by atoms with Gasteiger partial charge in [0.2, 0.25) is 0 Å². The number of aliphatic hydroxyl groups is 1. The molecule has 0 atom stereocenters. The number of anilines is 1. The lowest BCUT2D eigenvalue weighted by atomic mass is 10.1. The zero-order chi connectivity index (χ0) is 14.2. The van der Waals surface area contributed by atoms with Crippen LogP contribution in [0.15, 0.2) is 54.6 Å². The van der Waals surface area contributed by atoms with Gasteiger partial charge in [-0.25, -0.2) is 0 Å². The first-order chi connectivity index (χ1) is 9.85. The van der Waals surface area contributed by atoms with Crippen LogP contribution in [-0.2, 0) is 13.1 Å². The summed E-state index contributed by atoms with van der Waals surface area (Å²) in [6.45, 7) is 2.42. The van der Waals surface area contributed by atoms with Gasteiger partial charge in [-0.3, -0.25) is 0 Å². The van der Waals surface area contributed by atoms with E-state index in [1.165, 1.54) is 16.8 Å². The van der Waals surface area contributed by atoms with Crippen molar-refractivity contribution in [1.82, 2.24) is 5.32 Å². The van der Waals surface area contributed by atoms with Crippen LogP contribution in [0.2, 0.25) is 0 Å². The first-order valence-electron chi connectivity index (χ1n) is 6.97. The minimum Gasteiger partial charge on any atom is -0.395 e. The van der Waals surface area contributed by atoms with Gasteiger partial charge >= 0.3 is 0 Å². The topological polar surface area (TPSA) is 35.5 Å². The van der Waals surface area contributed by atoms with E-state index in [9.17, 15) is 5.11 Å². The van der Waals surface area contributed by atoms with Crippen molar-refractivity contribution in [1.29, 1.82) is 0 Å². The Morgan fingerprint density at radius 2 is 1.70 bits per heavy atom. The molecule has 0 spiro atoms. The van der Waals surface area contributed by atoms with Crippen LogP contribution in [0.3, 0.4) is 0 Å². The van der Waals surface area contributed by atoms with E-state index < -0.39 is 0 Å². The minimum atomic E-state index is 0.153. The Morgan fingerprint density at radius 1 is 1.00 bits per heavy atom. The lowest BCUT2D eigenvalue weighted by Crippen LogP contribution is -2.27. The molecule has 0 saturated carbocycles. The molecule has 106 valence electrons. The molecular weight excluding hydrogens is 248 g/mol. The highest BCUT2D eigenvalue weighted by Crippen LogP contribution is 2.22. The van der Waals surface area contributed by atoms with Crippen LogP contribution in [0.4, 0.5) is 5.69 Å². The Labute approximate surface area is 120 Å². The van der Waals surface area contributed by atoms with Crippen LogP contribution in [0.5, 0.6) is 0 Å². The number of para-hydroxylation sites is 1. The highest BCUT2D eigenvalue weighted by Gasteiger charge is 2.10. The molecule has 2 N–H and O–H groups in total. The van der Waals surface area contributed by atoms with Gasteiger partial charge in [-0.2, -0.15) is 0 Å². The number of hydrogen-bond acceptors (Lipinski definition) is 3. The summed E-state index contributed by atoms with van der Waals surface area (Å²) in [6.07, 6.45) is 0. The van der Waals surface area contributed by atoms with E-state index in [4.69, 9.17) is 0 Å². The molecule has 0 unspecified atom stereocenters. The lowest BCUT2D eigenvalue weighted by molar-refractivity contribution is 0.301. The van der Waals surface area contributed by atoms with Crippen molar-refractivity contribution in [2.24, 2.45) is 0 Å². The number of aliphatic hydroxyl groups excluding tert-OH is 1. The standard InChI is InChI=1S/C17H22N2O/c1-18-13-16-9-5-6-10-17(16)19(11-12-20)14-15-7-3-2-4-8-15/h2-10,18,20H,11-14H2,1H3. The zero-order valence-corrected chi connectivity index (χ0v) is 11.9. The molecule has 3 nitrogen and oxygen atoms in total. The molecule has 0 radical (unpaired) electrons. The number of rotatable bonds is 7. The normalized spacial score (nSPS) is 10.5. The first kappa shape index (κ1) is 14.6. The Morgan fingerprint density at radius 3 is 2.40 bits per heavy atom. The second-order valence-corrected chi connectivity index (χ2v) is 4.79. The number of hydrogen-bond donors (Lipinski definition) is 2. The van der Waals surface area contributed by atoms with Crippen molar-refractivity contribution >= 4 is 5.69 Å². The third kappa shape index (κ3) is 3.83. The van der Waals surface area contributed by atoms with E-state index in [-0.39, 0.29) is 6.61 Å². The average Bonchev–Trinajstić information content (AvgIpc) is 2.49. The second kappa shape index (κ2) is 7.68. The Hall–Kier alpha value is -1.84. The van der Waals surface area contributed by atoms with Gasteiger partial charge in [0, 0.05) is 25.3 Å². The van der Waals surface area contributed by atoms with Gasteiger partial charge in [0.15, 0.2) is 0 Å². The lowest BCUT2D eigenvalue weighted by Gasteiger charge is -2.26. The Kier molecular flexibility index (Phi) is 5.59. The molecule has 0 bridgehead atoms. The summed E-state index contributed by atoms with van der Waals surface area (Å²) < 4.78 is 0. The van der Waals surface area contributed by atoms with Crippen LogP contribution in [0.25, 0.3) is 0 Å². The fraction of sp³-hybridized carbons (Fsp3) is 0.294. The summed E-state index contributed by atoms with van der Waals surface area (Å²) in [4.78, 5) is 2.22. The molecule has 0 aliphatic carbocycles. The molecule has 0 heterocycles. The molecule has 0 aromatic heterocycles. The third-order valence-corrected chi connectivity index (χ3v) is 3.29. The molecular formula is C17H22N2O. The maximum atomic E-state index is 9.34. The van der Waals surface area contributed by atoms with Crippen LogP contribution >= 0.6 is 0 Å². The maximum Gasteiger partial charge on any atom is 0.0606 e. The first-order valence-corrected chi connectivity index (χ1v) is 6.97. The van der Waals surface area contributed by atoms with Crippen molar-refractivity contribution in [3.63, 3.8) is 0 Å². The highest BCUT2D eigenvalue weighted by molar-refractivity contribution is 5.54. The molecule has 2 aromatic carbocycles. The van der Waals surface area contributed by atoms with Gasteiger partial charge < -0.3 is 15.3 Å². The van der Waals surface area contributed by atoms with Gasteiger partial charge in [-0.05, 0) is 24.2 Å². The van der Waals surface area contributed by atoms with Crippen molar-refractivity contribution in [3.05, 3.63) is 65.7 Å². The van der Waals surface area contributed by atoms with Crippen molar-refractivity contribution in [3.8, 4) is 0 Å². The second-order valence-electron chi connectivity index (χ2n) is 4.79. The summed E-state index contributed by atoms with van der Waals surface area (Å²) in [7, 11) is 1.95. The summed E-state index contributed by atoms with van der Waals surface area (Å²) in [5.41, 5.74) is 3.68. The molecule has 0 fully saturated rings. The van der Waals surface area contributed by atoms with E-state index in [1.807, 2.05) is 31.3 Å². The predicted octanol–water partition coefficient (Wildman–Crippen LogP) is 2.40. The molecule has 2 aromatic rings. The molecule has 3 heteroatoms. The summed E-state index contributed by atoms with van der Waals surface area (Å²) >= 11 is 0. The molecule has 0 amide bonds. The molecule has 0 aliphatic heterocycles. The SMILES string of the molecule is CNCc1ccccc1N(CCO)Cc1ccccc1. The molecule has 20 heavy (non-hydrogen) atoms. The summed E-state index contributed by atoms with van der Waals surface area (Å²) in [6, 6.07) is 18.7. The van der Waals surface area contributed by atoms with Gasteiger partial charge in [0.05, 0.1) is 6.61 Å². The van der Waals surface area contributed by atoms with Crippen LogP contribution < -0.4 is 10.2 Å². The maximum absolute atomic E-state index is 9.34. The predicted molar refractivity (Wildman–Crippen MR) is 83.8 cm³/mol. The smallest absolute Gasteiger partial charge is 0.0606 e. The van der Waals surface area contributed by atoms with Gasteiger partial charge in [0.1, 0.15) is 0 Å². The van der Waals surface area contributed by atoms with E-state index >= 15 is 0 Å². The quantitative estimate of drug-likeness (QED) is 0.811. The van der Waals surface area contributed by atoms with E-state index in [0.717, 1.165) is 13.1 Å². The number of nitrogens with one attached hydrogen (secondary N) is 1. The van der Waals surface area contributed by atoms with Gasteiger partial charge in [-0.1, -0.05) is 48.5 Å². The van der Waals surface area contributed by atoms with Crippen LogP contribution in [0, 0.1) is 0 Å². The summed E-state index contributed by atoms with van der Waals surface area (Å²) in [5, 5.41) is 12.5. The number of benzene rings is 2. The zero-order valence-electron chi connectivity index (χ0n) is 11.9. The van der Waals surface area contributed by atoms with E-state index in [1.54, 1.807) is 0 Å². The summed E-state index contributed by atoms with van der Waals surface area (Å²) in [5.74, 6) is 0. The van der Waals surface area contributed by atoms with Crippen molar-refractivity contribution in [2.45, 2.75) is 13.1 Å². The van der Waals surface area contributed by atoms with Gasteiger partial charge in [0.25, 0.3) is 0 Å². The number of nitrogens with zero attached hydrogens (tertiary/aromatic N) is 1. The van der Waals surface area contributed by atoms with Gasteiger partial charge in [-0.15, -0.1) is 0 Å². The minimum absolute atomic E-state index is 0.153. The highest BCUT2D eigenvalue weighted by atomic mass is 16.3. The Bertz CT molecular complexity index is 513.